The van der Waals surface area contributed by atoms with Crippen molar-refractivity contribution in [3.05, 3.63) is 29.8 Å². The summed E-state index contributed by atoms with van der Waals surface area (Å²) in [7, 11) is 2.07. The first kappa shape index (κ1) is 17.0. The molecule has 0 aromatic heterocycles. The first-order valence-corrected chi connectivity index (χ1v) is 7.69. The van der Waals surface area contributed by atoms with Crippen LogP contribution in [0.15, 0.2) is 24.3 Å². The molecule has 0 amide bonds. The molecule has 0 heterocycles. The Labute approximate surface area is 123 Å². The molecule has 1 aromatic rings. The molecule has 0 aliphatic carbocycles. The Morgan fingerprint density at radius 3 is 2.35 bits per heavy atom. The van der Waals surface area contributed by atoms with Crippen molar-refractivity contribution in [3.63, 3.8) is 0 Å². The summed E-state index contributed by atoms with van der Waals surface area (Å²) in [6.07, 6.45) is 2.89. The molecule has 3 heteroatoms. The van der Waals surface area contributed by atoms with Gasteiger partial charge in [0.15, 0.2) is 0 Å². The van der Waals surface area contributed by atoms with Crippen LogP contribution in [0.1, 0.15) is 51.7 Å². The summed E-state index contributed by atoms with van der Waals surface area (Å²) in [6, 6.07) is 8.27. The maximum Gasteiger partial charge on any atom is 0.119 e. The summed E-state index contributed by atoms with van der Waals surface area (Å²) < 4.78 is 5.55. The monoisotopic (exact) mass is 279 g/mol. The van der Waals surface area contributed by atoms with Crippen LogP contribution in [0.5, 0.6) is 5.75 Å². The van der Waals surface area contributed by atoms with E-state index < -0.39 is 6.10 Å². The van der Waals surface area contributed by atoms with Crippen molar-refractivity contribution in [1.29, 1.82) is 0 Å². The molecule has 0 aliphatic rings. The highest BCUT2D eigenvalue weighted by atomic mass is 16.5. The Kier molecular flexibility index (Phi) is 7.63. The number of aliphatic hydroxyl groups is 1. The maximum absolute atomic E-state index is 10.3. The van der Waals surface area contributed by atoms with E-state index in [2.05, 4.69) is 32.7 Å². The molecular formula is C17H29NO2. The second-order valence-corrected chi connectivity index (χ2v) is 5.51. The molecule has 0 radical (unpaired) electrons. The molecule has 1 aromatic carbocycles. The van der Waals surface area contributed by atoms with Gasteiger partial charge in [0.1, 0.15) is 5.75 Å². The van der Waals surface area contributed by atoms with E-state index in [0.29, 0.717) is 12.6 Å². The lowest BCUT2D eigenvalue weighted by atomic mass is 10.1. The Morgan fingerprint density at radius 1 is 1.15 bits per heavy atom. The molecule has 20 heavy (non-hydrogen) atoms. The molecule has 0 spiro atoms. The third kappa shape index (κ3) is 5.51. The Bertz CT molecular complexity index is 364. The van der Waals surface area contributed by atoms with E-state index >= 15 is 0 Å². The van der Waals surface area contributed by atoms with Gasteiger partial charge in [0.25, 0.3) is 0 Å². The fourth-order valence-electron chi connectivity index (χ4n) is 2.20. The molecule has 1 rings (SSSR count). The lowest BCUT2D eigenvalue weighted by molar-refractivity contribution is 0.106. The molecule has 2 atom stereocenters. The van der Waals surface area contributed by atoms with E-state index in [4.69, 9.17) is 4.74 Å². The fourth-order valence-corrected chi connectivity index (χ4v) is 2.20. The van der Waals surface area contributed by atoms with E-state index in [1.54, 1.807) is 0 Å². The van der Waals surface area contributed by atoms with Crippen LogP contribution in [-0.2, 0) is 0 Å². The highest BCUT2D eigenvalue weighted by Gasteiger charge is 2.14. The minimum atomic E-state index is -0.445. The second kappa shape index (κ2) is 8.98. The molecule has 114 valence electrons. The van der Waals surface area contributed by atoms with Crippen molar-refractivity contribution < 1.29 is 9.84 Å². The molecule has 2 unspecified atom stereocenters. The standard InChI is InChI=1S/C17H29NO2/c1-5-7-14(3)18(4)13-17(19)15-8-10-16(11-9-15)20-12-6-2/h8-11,14,17,19H,5-7,12-13H2,1-4H3. The largest absolute Gasteiger partial charge is 0.494 e. The van der Waals surface area contributed by atoms with E-state index in [9.17, 15) is 5.11 Å². The summed E-state index contributed by atoms with van der Waals surface area (Å²) in [5.41, 5.74) is 0.949. The predicted molar refractivity (Wildman–Crippen MR) is 84.2 cm³/mol. The molecule has 0 bridgehead atoms. The van der Waals surface area contributed by atoms with Crippen molar-refractivity contribution in [2.24, 2.45) is 0 Å². The Balaban J connectivity index is 2.52. The molecule has 0 aliphatic heterocycles. The zero-order valence-corrected chi connectivity index (χ0v) is 13.3. The Hall–Kier alpha value is -1.06. The Morgan fingerprint density at radius 2 is 1.80 bits per heavy atom. The van der Waals surface area contributed by atoms with Gasteiger partial charge in [-0.05, 0) is 44.5 Å². The summed E-state index contributed by atoms with van der Waals surface area (Å²) in [5.74, 6) is 0.871. The number of benzene rings is 1. The van der Waals surface area contributed by atoms with E-state index in [0.717, 1.165) is 30.8 Å². The lowest BCUT2D eigenvalue weighted by Crippen LogP contribution is -2.32. The number of aliphatic hydroxyl groups excluding tert-OH is 1. The number of likely N-dealkylation sites (N-methyl/N-ethyl adjacent to an activating group) is 1. The van der Waals surface area contributed by atoms with Crippen LogP contribution in [0.2, 0.25) is 0 Å². The van der Waals surface area contributed by atoms with Crippen molar-refractivity contribution >= 4 is 0 Å². The molecule has 0 fully saturated rings. The minimum Gasteiger partial charge on any atom is -0.494 e. The van der Waals surface area contributed by atoms with Gasteiger partial charge in [-0.2, -0.15) is 0 Å². The molecule has 0 saturated carbocycles. The van der Waals surface area contributed by atoms with Crippen LogP contribution in [0.4, 0.5) is 0 Å². The van der Waals surface area contributed by atoms with Gasteiger partial charge in [-0.3, -0.25) is 0 Å². The topological polar surface area (TPSA) is 32.7 Å². The quantitative estimate of drug-likeness (QED) is 0.749. The minimum absolute atomic E-state index is 0.445. The average molecular weight is 279 g/mol. The second-order valence-electron chi connectivity index (χ2n) is 5.51. The SMILES string of the molecule is CCCOc1ccc(C(O)CN(C)C(C)CCC)cc1. The van der Waals surface area contributed by atoms with Gasteiger partial charge in [-0.15, -0.1) is 0 Å². The van der Waals surface area contributed by atoms with Crippen molar-refractivity contribution in [3.8, 4) is 5.75 Å². The van der Waals surface area contributed by atoms with Crippen LogP contribution in [0.25, 0.3) is 0 Å². The normalized spacial score (nSPS) is 14.3. The highest BCUT2D eigenvalue weighted by Crippen LogP contribution is 2.19. The third-order valence-corrected chi connectivity index (χ3v) is 3.66. The average Bonchev–Trinajstić information content (AvgIpc) is 2.45. The molecule has 0 saturated heterocycles. The summed E-state index contributed by atoms with van der Waals surface area (Å²) in [6.45, 7) is 7.88. The zero-order chi connectivity index (χ0) is 15.0. The van der Waals surface area contributed by atoms with Gasteiger partial charge in [0.2, 0.25) is 0 Å². The van der Waals surface area contributed by atoms with Crippen LogP contribution < -0.4 is 4.74 Å². The zero-order valence-electron chi connectivity index (χ0n) is 13.3. The van der Waals surface area contributed by atoms with Crippen LogP contribution >= 0.6 is 0 Å². The maximum atomic E-state index is 10.3. The third-order valence-electron chi connectivity index (χ3n) is 3.66. The predicted octanol–water partition coefficient (Wildman–Crippen LogP) is 3.63. The van der Waals surface area contributed by atoms with Gasteiger partial charge >= 0.3 is 0 Å². The number of nitrogens with zero attached hydrogens (tertiary/aromatic N) is 1. The smallest absolute Gasteiger partial charge is 0.119 e. The van der Waals surface area contributed by atoms with Crippen LogP contribution in [0, 0.1) is 0 Å². The lowest BCUT2D eigenvalue weighted by Gasteiger charge is -2.27. The molecule has 3 nitrogen and oxygen atoms in total. The van der Waals surface area contributed by atoms with Gasteiger partial charge in [-0.25, -0.2) is 0 Å². The van der Waals surface area contributed by atoms with Gasteiger partial charge < -0.3 is 14.7 Å². The van der Waals surface area contributed by atoms with Crippen molar-refractivity contribution in [2.75, 3.05) is 20.2 Å². The van der Waals surface area contributed by atoms with Crippen LogP contribution in [0.3, 0.4) is 0 Å². The molecule has 1 N–H and O–H groups in total. The van der Waals surface area contributed by atoms with E-state index in [1.807, 2.05) is 24.3 Å². The van der Waals surface area contributed by atoms with Crippen LogP contribution in [-0.4, -0.2) is 36.2 Å². The van der Waals surface area contributed by atoms with Crippen molar-refractivity contribution in [2.45, 2.75) is 52.2 Å². The highest BCUT2D eigenvalue weighted by molar-refractivity contribution is 5.28. The first-order valence-electron chi connectivity index (χ1n) is 7.69. The van der Waals surface area contributed by atoms with Gasteiger partial charge in [0.05, 0.1) is 12.7 Å². The van der Waals surface area contributed by atoms with Gasteiger partial charge in [-0.1, -0.05) is 32.4 Å². The number of ether oxygens (including phenoxy) is 1. The van der Waals surface area contributed by atoms with Gasteiger partial charge in [0, 0.05) is 12.6 Å². The number of hydrogen-bond donors (Lipinski definition) is 1. The fraction of sp³-hybridized carbons (Fsp3) is 0.647. The summed E-state index contributed by atoms with van der Waals surface area (Å²) >= 11 is 0. The summed E-state index contributed by atoms with van der Waals surface area (Å²) in [4.78, 5) is 2.22. The number of rotatable bonds is 9. The summed E-state index contributed by atoms with van der Waals surface area (Å²) in [5, 5.41) is 10.3. The van der Waals surface area contributed by atoms with E-state index in [1.165, 1.54) is 6.42 Å². The van der Waals surface area contributed by atoms with Crippen molar-refractivity contribution in [1.82, 2.24) is 4.90 Å². The first-order chi connectivity index (χ1) is 9.58. The molecular weight excluding hydrogens is 250 g/mol. The number of hydrogen-bond acceptors (Lipinski definition) is 3. The van der Waals surface area contributed by atoms with E-state index in [-0.39, 0.29) is 0 Å².